The molecule has 0 aromatic rings. The number of hydrogen-bond donors (Lipinski definition) is 0. The molecule has 1 unspecified atom stereocenters. The molecule has 0 radical (unpaired) electrons. The summed E-state index contributed by atoms with van der Waals surface area (Å²) in [5, 5.41) is 0. The van der Waals surface area contributed by atoms with Gasteiger partial charge in [0.05, 0.1) is 0 Å². The quantitative estimate of drug-likeness (QED) is 0.397. The first-order valence-electron chi connectivity index (χ1n) is 6.51. The van der Waals surface area contributed by atoms with Crippen molar-refractivity contribution in [2.24, 2.45) is 11.8 Å². The van der Waals surface area contributed by atoms with Crippen molar-refractivity contribution in [3.05, 3.63) is 12.7 Å². The molecule has 0 N–H and O–H groups in total. The standard InChI is InChI=1S/C14H26IO/c1-5-7-8-14-15-10-13(12(4)16-14)9-11(3)6-2/h5,11-14H,1,6-10H2,2-4H3/q-1/t11-,12-,13?,14+/m1/s1. The molecule has 1 aliphatic heterocycles. The van der Waals surface area contributed by atoms with E-state index in [4.69, 9.17) is 4.74 Å². The third-order valence-electron chi connectivity index (χ3n) is 3.49. The molecule has 1 nitrogen and oxygen atoms in total. The van der Waals surface area contributed by atoms with Gasteiger partial charge in [-0.2, -0.15) is 0 Å². The maximum atomic E-state index is 6.15. The Hall–Kier alpha value is 0.430. The van der Waals surface area contributed by atoms with E-state index >= 15 is 0 Å². The molecule has 0 amide bonds. The third kappa shape index (κ3) is 4.74. The fourth-order valence-electron chi connectivity index (χ4n) is 2.05. The first-order valence-corrected chi connectivity index (χ1v) is 9.28. The number of hydrogen-bond acceptors (Lipinski definition) is 1. The van der Waals surface area contributed by atoms with E-state index in [1.807, 2.05) is 6.08 Å². The van der Waals surface area contributed by atoms with Crippen molar-refractivity contribution in [2.45, 2.75) is 56.7 Å². The molecule has 1 saturated heterocycles. The van der Waals surface area contributed by atoms with Crippen molar-refractivity contribution >= 4 is 0 Å². The molecule has 96 valence electrons. The Bertz CT molecular complexity index is 205. The van der Waals surface area contributed by atoms with Crippen LogP contribution in [0.5, 0.6) is 0 Å². The van der Waals surface area contributed by atoms with Gasteiger partial charge in [0, 0.05) is 0 Å². The molecule has 0 saturated carbocycles. The van der Waals surface area contributed by atoms with Gasteiger partial charge in [0.2, 0.25) is 0 Å². The van der Waals surface area contributed by atoms with E-state index in [0.29, 0.717) is 10.2 Å². The summed E-state index contributed by atoms with van der Waals surface area (Å²) in [7, 11) is 0. The Balaban J connectivity index is 2.31. The SMILES string of the molecule is C=CCC[C@@H]1O[C@H](C)C(C[C@H](C)CC)C[I-]1. The van der Waals surface area contributed by atoms with Gasteiger partial charge in [-0.05, 0) is 0 Å². The van der Waals surface area contributed by atoms with Crippen molar-refractivity contribution in [1.82, 2.24) is 0 Å². The molecular formula is C14H26IO-. The van der Waals surface area contributed by atoms with Crippen molar-refractivity contribution in [3.63, 3.8) is 0 Å². The summed E-state index contributed by atoms with van der Waals surface area (Å²) >= 11 is 0.262. The van der Waals surface area contributed by atoms with E-state index in [-0.39, 0.29) is 21.2 Å². The van der Waals surface area contributed by atoms with Crippen molar-refractivity contribution in [1.29, 1.82) is 0 Å². The van der Waals surface area contributed by atoms with Crippen LogP contribution in [0.1, 0.15) is 46.5 Å². The van der Waals surface area contributed by atoms with E-state index in [1.165, 1.54) is 23.7 Å². The summed E-state index contributed by atoms with van der Waals surface area (Å²) in [5.74, 6) is 1.70. The summed E-state index contributed by atoms with van der Waals surface area (Å²) in [6, 6.07) is 0. The van der Waals surface area contributed by atoms with Crippen LogP contribution in [0.25, 0.3) is 0 Å². The number of alkyl halides is 2. The third-order valence-corrected chi connectivity index (χ3v) is 7.02. The average molecular weight is 337 g/mol. The second kappa shape index (κ2) is 7.70. The zero-order valence-corrected chi connectivity index (χ0v) is 13.1. The van der Waals surface area contributed by atoms with Crippen molar-refractivity contribution in [3.8, 4) is 0 Å². The minimum atomic E-state index is 0.262. The van der Waals surface area contributed by atoms with Crippen molar-refractivity contribution < 1.29 is 25.9 Å². The molecule has 0 spiro atoms. The summed E-state index contributed by atoms with van der Waals surface area (Å²) in [5.41, 5.74) is 0. The Morgan fingerprint density at radius 1 is 1.56 bits per heavy atom. The van der Waals surface area contributed by atoms with Gasteiger partial charge in [-0.25, -0.2) is 0 Å². The first-order chi connectivity index (χ1) is 7.67. The Morgan fingerprint density at radius 2 is 2.31 bits per heavy atom. The van der Waals surface area contributed by atoms with Crippen LogP contribution in [0.3, 0.4) is 0 Å². The zero-order valence-electron chi connectivity index (χ0n) is 10.9. The van der Waals surface area contributed by atoms with E-state index in [9.17, 15) is 0 Å². The van der Waals surface area contributed by atoms with Gasteiger partial charge in [-0.3, -0.25) is 0 Å². The summed E-state index contributed by atoms with van der Waals surface area (Å²) in [6.45, 7) is 10.7. The summed E-state index contributed by atoms with van der Waals surface area (Å²) < 4.78 is 8.21. The number of rotatable bonds is 6. The predicted molar refractivity (Wildman–Crippen MR) is 66.2 cm³/mol. The van der Waals surface area contributed by atoms with Gasteiger partial charge in [0.25, 0.3) is 0 Å². The zero-order chi connectivity index (χ0) is 12.0. The van der Waals surface area contributed by atoms with Gasteiger partial charge in [0.15, 0.2) is 0 Å². The van der Waals surface area contributed by atoms with Gasteiger partial charge in [-0.1, -0.05) is 0 Å². The van der Waals surface area contributed by atoms with Crippen LogP contribution in [0.2, 0.25) is 0 Å². The number of ether oxygens (including phenoxy) is 1. The molecule has 1 heterocycles. The Labute approximate surface area is 111 Å². The summed E-state index contributed by atoms with van der Waals surface area (Å²) in [6.07, 6.45) is 7.50. The molecule has 2 heteroatoms. The van der Waals surface area contributed by atoms with Gasteiger partial charge in [0.1, 0.15) is 0 Å². The molecule has 1 fully saturated rings. The summed E-state index contributed by atoms with van der Waals surface area (Å²) in [4.78, 5) is 0. The van der Waals surface area contributed by atoms with Gasteiger partial charge < -0.3 is 0 Å². The molecule has 0 aliphatic carbocycles. The normalized spacial score (nSPS) is 32.8. The van der Waals surface area contributed by atoms with Crippen LogP contribution in [-0.2, 0) is 4.74 Å². The van der Waals surface area contributed by atoms with Crippen LogP contribution in [-0.4, -0.2) is 14.6 Å². The maximum absolute atomic E-state index is 6.15. The molecule has 0 aromatic heterocycles. The monoisotopic (exact) mass is 337 g/mol. The fourth-order valence-corrected chi connectivity index (χ4v) is 5.82. The molecule has 1 rings (SSSR count). The predicted octanol–water partition coefficient (Wildman–Crippen LogP) is 0.839. The molecule has 1 aliphatic rings. The minimum absolute atomic E-state index is 0.262. The van der Waals surface area contributed by atoms with Crippen LogP contribution in [0.15, 0.2) is 12.7 Å². The molecule has 16 heavy (non-hydrogen) atoms. The molecule has 4 atom stereocenters. The second-order valence-electron chi connectivity index (χ2n) is 4.94. The van der Waals surface area contributed by atoms with Crippen molar-refractivity contribution in [2.75, 3.05) is 4.43 Å². The van der Waals surface area contributed by atoms with Crippen LogP contribution >= 0.6 is 0 Å². The Morgan fingerprint density at radius 3 is 2.88 bits per heavy atom. The molecule has 0 bridgehead atoms. The van der Waals surface area contributed by atoms with E-state index in [1.54, 1.807) is 0 Å². The second-order valence-corrected chi connectivity index (χ2v) is 8.09. The first kappa shape index (κ1) is 14.5. The van der Waals surface area contributed by atoms with Crippen LogP contribution in [0, 0.1) is 11.8 Å². The fraction of sp³-hybridized carbons (Fsp3) is 0.857. The molecule has 0 aromatic carbocycles. The molecular weight excluding hydrogens is 311 g/mol. The van der Waals surface area contributed by atoms with E-state index in [0.717, 1.165) is 18.3 Å². The van der Waals surface area contributed by atoms with Gasteiger partial charge in [-0.15, -0.1) is 0 Å². The van der Waals surface area contributed by atoms with Crippen LogP contribution in [0.4, 0.5) is 0 Å². The number of halogens is 1. The topological polar surface area (TPSA) is 9.23 Å². The van der Waals surface area contributed by atoms with E-state index in [2.05, 4.69) is 27.4 Å². The van der Waals surface area contributed by atoms with Crippen LogP contribution < -0.4 is 21.2 Å². The Kier molecular flexibility index (Phi) is 6.97. The van der Waals surface area contributed by atoms with Gasteiger partial charge >= 0.3 is 112 Å². The number of allylic oxidation sites excluding steroid dienone is 1. The van der Waals surface area contributed by atoms with E-state index < -0.39 is 0 Å². The average Bonchev–Trinajstić information content (AvgIpc) is 2.29.